The van der Waals surface area contributed by atoms with Gasteiger partial charge in [0.15, 0.2) is 5.76 Å². The van der Waals surface area contributed by atoms with Gasteiger partial charge >= 0.3 is 6.61 Å². The number of nitrogens with zero attached hydrogens (tertiary/aromatic N) is 1. The summed E-state index contributed by atoms with van der Waals surface area (Å²) >= 11 is 0. The number of hydrogen-bond donors (Lipinski definition) is 1. The molecule has 1 heterocycles. The molecule has 22 heavy (non-hydrogen) atoms. The Hall–Kier alpha value is -2.44. The fraction of sp³-hybridized carbons (Fsp3) is 0.333. The summed E-state index contributed by atoms with van der Waals surface area (Å²) in [6, 6.07) is 7.23. The lowest BCUT2D eigenvalue weighted by Crippen LogP contribution is -2.22. The van der Waals surface area contributed by atoms with Crippen LogP contribution in [0.2, 0.25) is 0 Å². The molecule has 0 aliphatic heterocycles. The topological polar surface area (TPSA) is 64.4 Å². The van der Waals surface area contributed by atoms with Crippen LogP contribution >= 0.6 is 0 Å². The second-order valence-electron chi connectivity index (χ2n) is 4.96. The van der Waals surface area contributed by atoms with Crippen LogP contribution < -0.4 is 10.1 Å². The molecule has 0 unspecified atom stereocenters. The van der Waals surface area contributed by atoms with E-state index in [1.807, 2.05) is 13.8 Å². The number of aromatic nitrogens is 1. The Morgan fingerprint density at radius 3 is 2.55 bits per heavy atom. The molecule has 1 aromatic carbocycles. The minimum absolute atomic E-state index is 0.00311. The van der Waals surface area contributed by atoms with Crippen LogP contribution in [0.15, 0.2) is 34.9 Å². The number of carbonyl (C=O) groups excluding carboxylic acids is 1. The number of halogens is 2. The molecule has 0 aliphatic rings. The Balaban J connectivity index is 1.91. The van der Waals surface area contributed by atoms with Crippen molar-refractivity contribution in [1.29, 1.82) is 0 Å². The maximum absolute atomic E-state index is 12.0. The summed E-state index contributed by atoms with van der Waals surface area (Å²) in [5, 5.41) is 6.56. The molecule has 7 heteroatoms. The van der Waals surface area contributed by atoms with Gasteiger partial charge in [-0.3, -0.25) is 4.79 Å². The van der Waals surface area contributed by atoms with Gasteiger partial charge in [-0.1, -0.05) is 19.0 Å². The van der Waals surface area contributed by atoms with E-state index in [1.165, 1.54) is 24.3 Å². The van der Waals surface area contributed by atoms with Crippen LogP contribution in [0.25, 0.3) is 0 Å². The number of rotatable bonds is 6. The van der Waals surface area contributed by atoms with Crippen molar-refractivity contribution in [3.05, 3.63) is 47.3 Å². The van der Waals surface area contributed by atoms with E-state index in [0.29, 0.717) is 11.3 Å². The third-order valence-corrected chi connectivity index (χ3v) is 2.93. The molecule has 2 aromatic rings. The lowest BCUT2D eigenvalue weighted by molar-refractivity contribution is -0.0498. The summed E-state index contributed by atoms with van der Waals surface area (Å²) in [7, 11) is 0. The quantitative estimate of drug-likeness (QED) is 0.889. The molecule has 0 fully saturated rings. The zero-order chi connectivity index (χ0) is 16.1. The van der Waals surface area contributed by atoms with Crippen LogP contribution in [0.4, 0.5) is 8.78 Å². The number of ether oxygens (including phenoxy) is 1. The highest BCUT2D eigenvalue weighted by Crippen LogP contribution is 2.16. The lowest BCUT2D eigenvalue weighted by atomic mass is 10.1. The zero-order valence-corrected chi connectivity index (χ0v) is 12.2. The molecule has 1 aromatic heterocycles. The predicted molar refractivity (Wildman–Crippen MR) is 74.8 cm³/mol. The van der Waals surface area contributed by atoms with Gasteiger partial charge in [0, 0.05) is 11.6 Å². The smallest absolute Gasteiger partial charge is 0.387 e. The van der Waals surface area contributed by atoms with Crippen molar-refractivity contribution in [2.45, 2.75) is 32.9 Å². The molecule has 5 nitrogen and oxygen atoms in total. The average molecular weight is 310 g/mol. The van der Waals surface area contributed by atoms with Gasteiger partial charge in [-0.25, -0.2) is 0 Å². The van der Waals surface area contributed by atoms with Gasteiger partial charge in [0.2, 0.25) is 0 Å². The fourth-order valence-corrected chi connectivity index (χ4v) is 1.74. The first kappa shape index (κ1) is 15.9. The molecule has 0 atom stereocenters. The first-order valence-electron chi connectivity index (χ1n) is 6.74. The van der Waals surface area contributed by atoms with Gasteiger partial charge in [-0.05, 0) is 30.2 Å². The molecule has 2 rings (SSSR count). The van der Waals surface area contributed by atoms with Crippen LogP contribution in [0.1, 0.15) is 41.6 Å². The second kappa shape index (κ2) is 7.02. The lowest BCUT2D eigenvalue weighted by Gasteiger charge is -2.06. The monoisotopic (exact) mass is 310 g/mol. The third-order valence-electron chi connectivity index (χ3n) is 2.93. The molecule has 0 saturated carbocycles. The Labute approximate surface area is 126 Å². The Kier molecular flexibility index (Phi) is 5.08. The highest BCUT2D eigenvalue weighted by molar-refractivity contribution is 5.94. The van der Waals surface area contributed by atoms with Crippen LogP contribution in [-0.4, -0.2) is 17.7 Å². The number of amides is 1. The number of alkyl halides is 2. The van der Waals surface area contributed by atoms with E-state index in [2.05, 4.69) is 15.2 Å². The van der Waals surface area contributed by atoms with Gasteiger partial charge in [0.25, 0.3) is 5.91 Å². The Morgan fingerprint density at radius 1 is 1.32 bits per heavy atom. The number of nitrogens with one attached hydrogen (secondary N) is 1. The first-order valence-corrected chi connectivity index (χ1v) is 6.74. The highest BCUT2D eigenvalue weighted by Gasteiger charge is 2.11. The van der Waals surface area contributed by atoms with Gasteiger partial charge in [0.05, 0.1) is 12.2 Å². The van der Waals surface area contributed by atoms with E-state index in [0.717, 1.165) is 5.69 Å². The van der Waals surface area contributed by atoms with Crippen molar-refractivity contribution in [1.82, 2.24) is 10.5 Å². The first-order chi connectivity index (χ1) is 10.5. The molecular formula is C15H16F2N2O3. The fourth-order valence-electron chi connectivity index (χ4n) is 1.74. The van der Waals surface area contributed by atoms with Gasteiger partial charge in [0.1, 0.15) is 5.75 Å². The Bertz CT molecular complexity index is 624. The van der Waals surface area contributed by atoms with Crippen molar-refractivity contribution in [3.8, 4) is 5.75 Å². The van der Waals surface area contributed by atoms with Gasteiger partial charge in [-0.15, -0.1) is 0 Å². The maximum Gasteiger partial charge on any atom is 0.387 e. The summed E-state index contributed by atoms with van der Waals surface area (Å²) in [6.07, 6.45) is 0. The molecule has 118 valence electrons. The molecule has 0 saturated heterocycles. The summed E-state index contributed by atoms with van der Waals surface area (Å²) in [6.45, 7) is 1.29. The molecule has 1 N–H and O–H groups in total. The normalized spacial score (nSPS) is 11.0. The molecule has 0 bridgehead atoms. The van der Waals surface area contributed by atoms with Crippen LogP contribution in [-0.2, 0) is 6.54 Å². The third kappa shape index (κ3) is 4.28. The molecule has 1 amide bonds. The van der Waals surface area contributed by atoms with E-state index in [1.54, 1.807) is 6.07 Å². The number of benzene rings is 1. The molecule has 0 radical (unpaired) electrons. The van der Waals surface area contributed by atoms with E-state index in [-0.39, 0.29) is 24.1 Å². The van der Waals surface area contributed by atoms with Gasteiger partial charge in [-0.2, -0.15) is 8.78 Å². The largest absolute Gasteiger partial charge is 0.435 e. The maximum atomic E-state index is 12.0. The SMILES string of the molecule is CC(C)c1cc(CNC(=O)c2ccc(OC(F)F)cc2)on1. The average Bonchev–Trinajstić information content (AvgIpc) is 2.94. The van der Waals surface area contributed by atoms with Crippen molar-refractivity contribution in [2.24, 2.45) is 0 Å². The summed E-state index contributed by atoms with van der Waals surface area (Å²) in [5.74, 6) is 0.458. The summed E-state index contributed by atoms with van der Waals surface area (Å²) < 4.78 is 33.4. The van der Waals surface area contributed by atoms with Crippen molar-refractivity contribution >= 4 is 5.91 Å². The second-order valence-corrected chi connectivity index (χ2v) is 4.96. The van der Waals surface area contributed by atoms with E-state index >= 15 is 0 Å². The minimum atomic E-state index is -2.89. The zero-order valence-electron chi connectivity index (χ0n) is 12.2. The number of hydrogen-bond acceptors (Lipinski definition) is 4. The molecular weight excluding hydrogens is 294 g/mol. The van der Waals surface area contributed by atoms with E-state index in [4.69, 9.17) is 4.52 Å². The number of carbonyl (C=O) groups is 1. The predicted octanol–water partition coefficient (Wildman–Crippen LogP) is 3.33. The van der Waals surface area contributed by atoms with E-state index in [9.17, 15) is 13.6 Å². The molecule has 0 spiro atoms. The van der Waals surface area contributed by atoms with Crippen LogP contribution in [0, 0.1) is 0 Å². The highest BCUT2D eigenvalue weighted by atomic mass is 19.3. The van der Waals surface area contributed by atoms with Gasteiger partial charge < -0.3 is 14.6 Å². The Morgan fingerprint density at radius 2 is 2.00 bits per heavy atom. The van der Waals surface area contributed by atoms with Crippen molar-refractivity contribution < 1.29 is 22.8 Å². The van der Waals surface area contributed by atoms with Crippen molar-refractivity contribution in [3.63, 3.8) is 0 Å². The van der Waals surface area contributed by atoms with E-state index < -0.39 is 6.61 Å². The summed E-state index contributed by atoms with van der Waals surface area (Å²) in [5.41, 5.74) is 1.16. The standard InChI is InChI=1S/C15H16F2N2O3/c1-9(2)13-7-12(22-19-13)8-18-14(20)10-3-5-11(6-4-10)21-15(16)17/h3-7,9,15H,8H2,1-2H3,(H,18,20). The van der Waals surface area contributed by atoms with Crippen molar-refractivity contribution in [2.75, 3.05) is 0 Å². The summed E-state index contributed by atoms with van der Waals surface area (Å²) in [4.78, 5) is 11.9. The van der Waals surface area contributed by atoms with Crippen LogP contribution in [0.3, 0.4) is 0 Å². The molecule has 0 aliphatic carbocycles. The minimum Gasteiger partial charge on any atom is -0.435 e. The van der Waals surface area contributed by atoms with Crippen LogP contribution in [0.5, 0.6) is 5.75 Å².